The number of hydrogen-bond donors (Lipinski definition) is 1. The molecule has 0 fully saturated rings. The third-order valence-corrected chi connectivity index (χ3v) is 9.31. The van der Waals surface area contributed by atoms with E-state index in [1.165, 1.54) is 5.57 Å². The fraction of sp³-hybridized carbons (Fsp3) is 0.179. The maximum Gasteiger partial charge on any atom is 0.143 e. The van der Waals surface area contributed by atoms with Crippen LogP contribution < -0.4 is 0 Å². The lowest BCUT2D eigenvalue weighted by Gasteiger charge is -2.43. The molecule has 0 saturated carbocycles. The number of allylic oxidation sites excluding steroid dienone is 6. The van der Waals surface area contributed by atoms with Gasteiger partial charge in [-0.3, -0.25) is 0 Å². The molecular formula is C39H28O2. The average Bonchev–Trinajstić information content (AvgIpc) is 3.53. The molecule has 1 aromatic heterocycles. The lowest BCUT2D eigenvalue weighted by Crippen LogP contribution is -2.41. The third kappa shape index (κ3) is 3.41. The first kappa shape index (κ1) is 23.9. The van der Waals surface area contributed by atoms with Crippen molar-refractivity contribution in [2.24, 2.45) is 11.8 Å². The van der Waals surface area contributed by atoms with Crippen LogP contribution >= 0.6 is 0 Å². The van der Waals surface area contributed by atoms with Crippen molar-refractivity contribution >= 4 is 27.5 Å². The molecule has 2 heteroatoms. The second-order valence-electron chi connectivity index (χ2n) is 11.2. The number of furan rings is 1. The highest BCUT2D eigenvalue weighted by Crippen LogP contribution is 2.64. The average molecular weight is 529 g/mol. The quantitative estimate of drug-likeness (QED) is 0.187. The van der Waals surface area contributed by atoms with Crippen LogP contribution in [0.3, 0.4) is 0 Å². The van der Waals surface area contributed by atoms with E-state index in [9.17, 15) is 5.11 Å². The van der Waals surface area contributed by atoms with Crippen LogP contribution in [0.15, 0.2) is 108 Å². The molecule has 1 N–H and O–H groups in total. The van der Waals surface area contributed by atoms with Gasteiger partial charge in [0.2, 0.25) is 0 Å². The molecule has 196 valence electrons. The fourth-order valence-electron chi connectivity index (χ4n) is 7.72. The number of rotatable bonds is 3. The van der Waals surface area contributed by atoms with E-state index in [0.717, 1.165) is 75.4 Å². The van der Waals surface area contributed by atoms with Crippen molar-refractivity contribution in [3.05, 3.63) is 132 Å². The van der Waals surface area contributed by atoms with E-state index >= 15 is 0 Å². The standard InChI is InChI=1S/C39H28O2/c40-34-25-24-29(31-21-13-20-30-28-18-10-12-23-35(28)41-38(30)31)37-36(34)32-19-9-11-22-33(32)39(37,27-16-7-4-8-17-27)26-14-5-2-1-3-6-15-26/h2,4-5,7,9-13,16,18-21,23-26,33,40H,1,14-15,22H2/b5-2-. The Labute approximate surface area is 240 Å². The summed E-state index contributed by atoms with van der Waals surface area (Å²) in [5, 5.41) is 13.8. The van der Waals surface area contributed by atoms with E-state index in [-0.39, 0.29) is 11.8 Å². The smallest absolute Gasteiger partial charge is 0.143 e. The van der Waals surface area contributed by atoms with Crippen LogP contribution in [0.4, 0.5) is 0 Å². The second-order valence-corrected chi connectivity index (χ2v) is 11.2. The molecule has 0 bridgehead atoms. The van der Waals surface area contributed by atoms with Gasteiger partial charge in [-0.2, -0.15) is 0 Å². The summed E-state index contributed by atoms with van der Waals surface area (Å²) in [6.45, 7) is 0. The molecule has 0 aliphatic heterocycles. The number of para-hydroxylation sites is 2. The van der Waals surface area contributed by atoms with E-state index in [0.29, 0.717) is 5.75 Å². The minimum atomic E-state index is -0.470. The van der Waals surface area contributed by atoms with Gasteiger partial charge >= 0.3 is 0 Å². The van der Waals surface area contributed by atoms with Crippen LogP contribution in [-0.4, -0.2) is 5.11 Å². The van der Waals surface area contributed by atoms with Gasteiger partial charge in [0.1, 0.15) is 16.9 Å². The van der Waals surface area contributed by atoms with Gasteiger partial charge in [0, 0.05) is 51.6 Å². The van der Waals surface area contributed by atoms with Crippen LogP contribution in [0.1, 0.15) is 42.4 Å². The molecule has 4 aromatic carbocycles. The Kier molecular flexibility index (Phi) is 5.44. The number of hydrogen-bond acceptors (Lipinski definition) is 2. The van der Waals surface area contributed by atoms with Gasteiger partial charge < -0.3 is 9.52 Å². The third-order valence-electron chi connectivity index (χ3n) is 9.31. The zero-order valence-corrected chi connectivity index (χ0v) is 22.7. The molecule has 1 heterocycles. The highest BCUT2D eigenvalue weighted by Gasteiger charge is 2.56. The van der Waals surface area contributed by atoms with Crippen molar-refractivity contribution in [3.63, 3.8) is 0 Å². The summed E-state index contributed by atoms with van der Waals surface area (Å²) in [5.41, 5.74) is 7.81. The maximum absolute atomic E-state index is 11.6. The van der Waals surface area contributed by atoms with Gasteiger partial charge in [0.05, 0.1) is 0 Å². The predicted octanol–water partition coefficient (Wildman–Crippen LogP) is 9.18. The van der Waals surface area contributed by atoms with Crippen LogP contribution in [0, 0.1) is 35.8 Å². The largest absolute Gasteiger partial charge is 0.507 e. The molecule has 2 nitrogen and oxygen atoms in total. The first-order valence-corrected chi connectivity index (χ1v) is 14.4. The lowest BCUT2D eigenvalue weighted by molar-refractivity contribution is 0.270. The molecule has 3 aliphatic rings. The molecule has 8 rings (SSSR count). The minimum Gasteiger partial charge on any atom is -0.507 e. The molecule has 3 unspecified atom stereocenters. The molecule has 0 amide bonds. The van der Waals surface area contributed by atoms with Crippen molar-refractivity contribution in [2.45, 2.75) is 31.1 Å². The van der Waals surface area contributed by atoms with Gasteiger partial charge in [-0.25, -0.2) is 0 Å². The van der Waals surface area contributed by atoms with Crippen LogP contribution in [0.5, 0.6) is 5.75 Å². The van der Waals surface area contributed by atoms with Gasteiger partial charge in [-0.1, -0.05) is 97.0 Å². The summed E-state index contributed by atoms with van der Waals surface area (Å²) in [4.78, 5) is 0. The van der Waals surface area contributed by atoms with E-state index in [4.69, 9.17) is 4.42 Å². The molecule has 0 radical (unpaired) electrons. The molecule has 3 atom stereocenters. The van der Waals surface area contributed by atoms with Crippen molar-refractivity contribution in [1.29, 1.82) is 0 Å². The van der Waals surface area contributed by atoms with Crippen LogP contribution in [-0.2, 0) is 5.41 Å². The Morgan fingerprint density at radius 3 is 2.68 bits per heavy atom. The highest BCUT2D eigenvalue weighted by molar-refractivity contribution is 6.10. The molecule has 0 saturated heterocycles. The summed E-state index contributed by atoms with van der Waals surface area (Å²) in [5.74, 6) is 7.50. The van der Waals surface area contributed by atoms with Gasteiger partial charge in [0.25, 0.3) is 0 Å². The van der Waals surface area contributed by atoms with Gasteiger partial charge in [-0.15, -0.1) is 5.92 Å². The van der Waals surface area contributed by atoms with E-state index in [1.807, 2.05) is 24.3 Å². The fourth-order valence-corrected chi connectivity index (χ4v) is 7.72. The van der Waals surface area contributed by atoms with Crippen molar-refractivity contribution in [2.75, 3.05) is 0 Å². The minimum absolute atomic E-state index is 0.135. The summed E-state index contributed by atoms with van der Waals surface area (Å²) in [7, 11) is 0. The summed E-state index contributed by atoms with van der Waals surface area (Å²) >= 11 is 0. The molecule has 41 heavy (non-hydrogen) atoms. The summed E-state index contributed by atoms with van der Waals surface area (Å²) in [6.07, 6.45) is 14.4. The van der Waals surface area contributed by atoms with Crippen LogP contribution in [0.2, 0.25) is 0 Å². The number of fused-ring (bicyclic) bond motifs is 6. The molecular weight excluding hydrogens is 500 g/mol. The first-order valence-electron chi connectivity index (χ1n) is 14.4. The lowest BCUT2D eigenvalue weighted by atomic mass is 9.57. The Hall–Kier alpha value is -4.92. The van der Waals surface area contributed by atoms with Gasteiger partial charge in [0.15, 0.2) is 0 Å². The van der Waals surface area contributed by atoms with E-state index < -0.39 is 5.41 Å². The zero-order chi connectivity index (χ0) is 27.4. The SMILES string of the molecule is Oc1ccc(-c2cccc3c2oc2ccccc23)c2c1C1=CC=CCC1C2(c1c#cccc1)C1CC#CC/C=C\C1. The van der Waals surface area contributed by atoms with Gasteiger partial charge in [-0.05, 0) is 59.7 Å². The summed E-state index contributed by atoms with van der Waals surface area (Å²) < 4.78 is 6.57. The predicted molar refractivity (Wildman–Crippen MR) is 165 cm³/mol. The monoisotopic (exact) mass is 528 g/mol. The molecule has 5 aromatic rings. The topological polar surface area (TPSA) is 33.4 Å². The highest BCUT2D eigenvalue weighted by atomic mass is 16.3. The maximum atomic E-state index is 11.6. The second kappa shape index (κ2) is 9.33. The van der Waals surface area contributed by atoms with Crippen molar-refractivity contribution < 1.29 is 9.52 Å². The Morgan fingerprint density at radius 1 is 0.829 bits per heavy atom. The van der Waals surface area contributed by atoms with Crippen LogP contribution in [0.25, 0.3) is 38.6 Å². The normalized spacial score (nSPS) is 23.5. The Bertz CT molecular complexity index is 1970. The Balaban J connectivity index is 1.51. The Morgan fingerprint density at radius 2 is 1.76 bits per heavy atom. The van der Waals surface area contributed by atoms with Crippen molar-refractivity contribution in [1.82, 2.24) is 0 Å². The molecule has 3 aliphatic carbocycles. The van der Waals surface area contributed by atoms with E-state index in [1.54, 1.807) is 0 Å². The first-order chi connectivity index (χ1) is 20.3. The number of phenols is 1. The molecule has 0 spiro atoms. The number of benzene rings is 3. The zero-order valence-electron chi connectivity index (χ0n) is 22.7. The summed E-state index contributed by atoms with van der Waals surface area (Å²) in [6, 6.07) is 31.6. The van der Waals surface area contributed by atoms with E-state index in [2.05, 4.69) is 103 Å². The van der Waals surface area contributed by atoms with Crippen molar-refractivity contribution in [3.8, 4) is 28.7 Å². The number of phenolic OH excluding ortho intramolecular Hbond substituents is 1. The number of aromatic hydroxyl groups is 1.